The van der Waals surface area contributed by atoms with Crippen molar-refractivity contribution in [3.8, 4) is 12.1 Å². The van der Waals surface area contributed by atoms with Crippen LogP contribution in [0.15, 0.2) is 40.8 Å². The van der Waals surface area contributed by atoms with Gasteiger partial charge in [-0.1, -0.05) is 65.8 Å². The van der Waals surface area contributed by atoms with E-state index in [0.717, 1.165) is 64.5 Å². The molecule has 0 saturated carbocycles. The van der Waals surface area contributed by atoms with Crippen molar-refractivity contribution in [1.82, 2.24) is 9.80 Å². The smallest absolute Gasteiger partial charge is 0.136 e. The normalized spacial score (nSPS) is 16.1. The van der Waals surface area contributed by atoms with Crippen LogP contribution >= 0.6 is 11.8 Å². The summed E-state index contributed by atoms with van der Waals surface area (Å²) in [5.41, 5.74) is -0.340. The van der Waals surface area contributed by atoms with Crippen molar-refractivity contribution in [3.05, 3.63) is 35.8 Å². The number of thioether (sulfide) groups is 1. The van der Waals surface area contributed by atoms with Gasteiger partial charge < -0.3 is 9.64 Å². The van der Waals surface area contributed by atoms with E-state index >= 15 is 0 Å². The SMILES string of the molecule is C=CC.C=NCOCCN1CCN(CCCC(C#N)(C2=CC=CCS2)C(C)C)CC1.CC.CC.CC#N. The first-order valence-corrected chi connectivity index (χ1v) is 14.7. The molecule has 0 amide bonds. The van der Waals surface area contributed by atoms with Gasteiger partial charge in [0.25, 0.3) is 0 Å². The number of hydrogen-bond donors (Lipinski definition) is 0. The van der Waals surface area contributed by atoms with Crippen molar-refractivity contribution in [3.63, 3.8) is 0 Å². The lowest BCUT2D eigenvalue weighted by Gasteiger charge is -2.37. The van der Waals surface area contributed by atoms with E-state index in [1.54, 1.807) is 12.1 Å². The Morgan fingerprint density at radius 3 is 2.05 bits per heavy atom. The van der Waals surface area contributed by atoms with Crippen molar-refractivity contribution in [1.29, 1.82) is 10.5 Å². The van der Waals surface area contributed by atoms with Crippen LogP contribution in [0.3, 0.4) is 0 Å². The zero-order chi connectivity index (χ0) is 29.0. The molecule has 212 valence electrons. The van der Waals surface area contributed by atoms with Gasteiger partial charge in [0.15, 0.2) is 0 Å². The Labute approximate surface area is 234 Å². The van der Waals surface area contributed by atoms with Crippen LogP contribution in [-0.4, -0.2) is 74.9 Å². The molecule has 0 aromatic rings. The van der Waals surface area contributed by atoms with E-state index in [-0.39, 0.29) is 5.41 Å². The Kier molecular flexibility index (Phi) is 30.7. The van der Waals surface area contributed by atoms with E-state index in [0.29, 0.717) is 12.6 Å². The minimum absolute atomic E-state index is 0.328. The summed E-state index contributed by atoms with van der Waals surface area (Å²) >= 11 is 1.83. The molecule has 2 aliphatic heterocycles. The zero-order valence-corrected chi connectivity index (χ0v) is 25.9. The Bertz CT molecular complexity index is 685. The van der Waals surface area contributed by atoms with Crippen molar-refractivity contribution < 1.29 is 4.74 Å². The van der Waals surface area contributed by atoms with Gasteiger partial charge in [-0.05, 0) is 38.9 Å². The topological polar surface area (TPSA) is 75.7 Å². The molecule has 1 unspecified atom stereocenters. The Balaban J connectivity index is -0.00000101. The molecule has 0 aromatic heterocycles. The second-order valence-electron chi connectivity index (χ2n) is 8.19. The van der Waals surface area contributed by atoms with Gasteiger partial charge in [0, 0.05) is 50.3 Å². The van der Waals surface area contributed by atoms with E-state index in [4.69, 9.17) is 10.00 Å². The highest BCUT2D eigenvalue weighted by molar-refractivity contribution is 8.03. The average Bonchev–Trinajstić information content (AvgIpc) is 2.93. The molecule has 1 fully saturated rings. The van der Waals surface area contributed by atoms with Gasteiger partial charge >= 0.3 is 0 Å². The number of rotatable bonds is 11. The summed E-state index contributed by atoms with van der Waals surface area (Å²) in [6, 6.07) is 4.44. The van der Waals surface area contributed by atoms with Crippen LogP contribution in [0.5, 0.6) is 0 Å². The summed E-state index contributed by atoms with van der Waals surface area (Å²) in [5.74, 6) is 1.31. The largest absolute Gasteiger partial charge is 0.358 e. The number of aliphatic imine (C=N–C) groups is 1. The zero-order valence-electron chi connectivity index (χ0n) is 25.1. The quantitative estimate of drug-likeness (QED) is 0.159. The highest BCUT2D eigenvalue weighted by Gasteiger charge is 2.38. The van der Waals surface area contributed by atoms with Gasteiger partial charge in [-0.25, -0.2) is 0 Å². The van der Waals surface area contributed by atoms with E-state index in [1.165, 1.54) is 11.8 Å². The maximum Gasteiger partial charge on any atom is 0.136 e. The van der Waals surface area contributed by atoms with E-state index in [2.05, 4.69) is 66.2 Å². The molecule has 1 saturated heterocycles. The minimum Gasteiger partial charge on any atom is -0.358 e. The van der Waals surface area contributed by atoms with Crippen LogP contribution in [0.25, 0.3) is 0 Å². The highest BCUT2D eigenvalue weighted by atomic mass is 32.2. The van der Waals surface area contributed by atoms with Crippen molar-refractivity contribution in [2.45, 2.75) is 68.2 Å². The molecule has 6 nitrogen and oxygen atoms in total. The van der Waals surface area contributed by atoms with Crippen LogP contribution in [0.1, 0.15) is 68.2 Å². The van der Waals surface area contributed by atoms with Gasteiger partial charge in [0.1, 0.15) is 6.73 Å². The molecule has 2 heterocycles. The third-order valence-corrected chi connectivity index (χ3v) is 6.76. The predicted octanol–water partition coefficient (Wildman–Crippen LogP) is 7.19. The number of nitriles is 2. The average molecular weight is 534 g/mol. The summed E-state index contributed by atoms with van der Waals surface area (Å²) in [7, 11) is 0. The Morgan fingerprint density at radius 1 is 1.14 bits per heavy atom. The maximum atomic E-state index is 10.0. The second-order valence-corrected chi connectivity index (χ2v) is 9.25. The number of ether oxygens (including phenoxy) is 1. The Morgan fingerprint density at radius 2 is 1.65 bits per heavy atom. The number of hydrogen-bond acceptors (Lipinski definition) is 7. The van der Waals surface area contributed by atoms with Crippen molar-refractivity contribution in [2.24, 2.45) is 16.3 Å². The van der Waals surface area contributed by atoms with Gasteiger partial charge in [-0.3, -0.25) is 9.89 Å². The monoisotopic (exact) mass is 533 g/mol. The lowest BCUT2D eigenvalue weighted by molar-refractivity contribution is 0.0776. The summed E-state index contributed by atoms with van der Waals surface area (Å²) in [5, 5.41) is 17.3. The van der Waals surface area contributed by atoms with Crippen LogP contribution < -0.4 is 0 Å². The predicted molar refractivity (Wildman–Crippen MR) is 165 cm³/mol. The first-order chi connectivity index (χ1) is 17.9. The molecule has 2 aliphatic rings. The Hall–Kier alpha value is -1.90. The fourth-order valence-corrected chi connectivity index (χ4v) is 4.95. The molecule has 0 bridgehead atoms. The molecule has 0 aromatic carbocycles. The fraction of sp³-hybridized carbons (Fsp3) is 0.700. The molecule has 7 heteroatoms. The molecule has 0 aliphatic carbocycles. The molecule has 1 atom stereocenters. The van der Waals surface area contributed by atoms with Crippen molar-refractivity contribution in [2.75, 3.05) is 58.4 Å². The van der Waals surface area contributed by atoms with Crippen molar-refractivity contribution >= 4 is 18.5 Å². The summed E-state index contributed by atoms with van der Waals surface area (Å²) in [6.07, 6.45) is 10.2. The molecular weight excluding hydrogens is 478 g/mol. The van der Waals surface area contributed by atoms with Gasteiger partial charge in [-0.2, -0.15) is 10.5 Å². The molecule has 0 spiro atoms. The molecule has 37 heavy (non-hydrogen) atoms. The standard InChI is InChI=1S/C21H34N4OS.C3H6.C2H3N.2C2H6/c1-19(2)21(17-22,20-7-4-5-16-27-20)8-6-9-24-10-12-25(13-11-24)14-15-26-18-23-3;1-3-2;1-2-3;2*1-2/h4-5,7,19H,3,6,8-16,18H2,1-2H3;3H,1H2,2H3;1H3;2*1-2H3. The molecular formula is C30H55N5OS. The number of piperazine rings is 1. The van der Waals surface area contributed by atoms with Gasteiger partial charge in [-0.15, -0.1) is 18.3 Å². The molecule has 2 rings (SSSR count). The lowest BCUT2D eigenvalue weighted by Crippen LogP contribution is -2.47. The fourth-order valence-electron chi connectivity index (χ4n) is 3.75. The summed E-state index contributed by atoms with van der Waals surface area (Å²) in [6.45, 7) is 30.0. The third-order valence-electron chi connectivity index (χ3n) is 5.59. The van der Waals surface area contributed by atoms with E-state index in [1.807, 2.05) is 46.4 Å². The molecule has 0 N–H and O–H groups in total. The first kappa shape index (κ1) is 39.6. The number of allylic oxidation sites excluding steroid dienone is 4. The first-order valence-electron chi connectivity index (χ1n) is 13.7. The van der Waals surface area contributed by atoms with Crippen LogP contribution in [0, 0.1) is 34.0 Å². The molecule has 0 radical (unpaired) electrons. The maximum absolute atomic E-state index is 10.0. The minimum atomic E-state index is -0.340. The lowest BCUT2D eigenvalue weighted by atomic mass is 9.74. The highest BCUT2D eigenvalue weighted by Crippen LogP contribution is 2.46. The second kappa shape index (κ2) is 28.7. The summed E-state index contributed by atoms with van der Waals surface area (Å²) in [4.78, 5) is 9.94. The van der Waals surface area contributed by atoms with E-state index < -0.39 is 0 Å². The van der Waals surface area contributed by atoms with Gasteiger partial charge in [0.2, 0.25) is 0 Å². The third kappa shape index (κ3) is 18.1. The van der Waals surface area contributed by atoms with Crippen LogP contribution in [-0.2, 0) is 4.74 Å². The van der Waals surface area contributed by atoms with Gasteiger partial charge in [0.05, 0.1) is 24.2 Å². The van der Waals surface area contributed by atoms with E-state index in [9.17, 15) is 5.26 Å². The van der Waals surface area contributed by atoms with Crippen LogP contribution in [0.4, 0.5) is 0 Å². The number of nitrogens with zero attached hydrogens (tertiary/aromatic N) is 5. The van der Waals surface area contributed by atoms with Crippen LogP contribution in [0.2, 0.25) is 0 Å². The summed E-state index contributed by atoms with van der Waals surface area (Å²) < 4.78 is 5.38.